The number of nitrogens with zero attached hydrogens (tertiary/aromatic N) is 2. The van der Waals surface area contributed by atoms with Crippen LogP contribution in [0.4, 0.5) is 10.5 Å². The Morgan fingerprint density at radius 1 is 0.941 bits per heavy atom. The summed E-state index contributed by atoms with van der Waals surface area (Å²) in [5.41, 5.74) is 3.83. The number of anilines is 1. The zero-order valence-electron chi connectivity index (χ0n) is 20.4. The van der Waals surface area contributed by atoms with Crippen molar-refractivity contribution in [3.63, 3.8) is 0 Å². The minimum Gasteiger partial charge on any atom is -0.324 e. The lowest BCUT2D eigenvalue weighted by molar-refractivity contribution is 0.0586. The van der Waals surface area contributed by atoms with Gasteiger partial charge >= 0.3 is 6.03 Å². The number of hydrogen-bond donors (Lipinski definition) is 1. The van der Waals surface area contributed by atoms with E-state index < -0.39 is 0 Å². The number of para-hydroxylation sites is 1. The number of piperidine rings is 1. The van der Waals surface area contributed by atoms with Crippen LogP contribution in [-0.2, 0) is 0 Å². The molecule has 3 amide bonds. The summed E-state index contributed by atoms with van der Waals surface area (Å²) in [5.74, 6) is 1.53. The molecule has 5 nitrogen and oxygen atoms in total. The van der Waals surface area contributed by atoms with Gasteiger partial charge in [0, 0.05) is 31.1 Å². The Morgan fingerprint density at radius 2 is 1.56 bits per heavy atom. The molecule has 2 aromatic rings. The summed E-state index contributed by atoms with van der Waals surface area (Å²) >= 11 is 8.16. The molecule has 0 unspecified atom stereocenters. The third-order valence-electron chi connectivity index (χ3n) is 6.96. The van der Waals surface area contributed by atoms with Gasteiger partial charge in [-0.05, 0) is 47.9 Å². The summed E-state index contributed by atoms with van der Waals surface area (Å²) in [5, 5.41) is 3.73. The first-order chi connectivity index (χ1) is 16.2. The van der Waals surface area contributed by atoms with E-state index in [-0.39, 0.29) is 16.8 Å². The standard InChI is InChI=1S/C27H34ClN3O2S/c1-18(2)20-9-7-10-21(19(3)4)24(20)29-26(33)30-14-12-27(13-15-30)31(16-17-34-27)25(32)22-8-5-6-11-23(22)28/h5-11,18-19H,12-17H2,1-4H3,(H,29,33). The fraction of sp³-hybridized carbons (Fsp3) is 0.481. The van der Waals surface area contributed by atoms with Crippen LogP contribution >= 0.6 is 23.4 Å². The molecule has 2 aromatic carbocycles. The molecular weight excluding hydrogens is 466 g/mol. The number of hydrogen-bond acceptors (Lipinski definition) is 3. The largest absolute Gasteiger partial charge is 0.324 e. The molecule has 0 atom stereocenters. The molecule has 34 heavy (non-hydrogen) atoms. The molecule has 2 heterocycles. The molecule has 0 radical (unpaired) electrons. The maximum absolute atomic E-state index is 13.3. The molecule has 182 valence electrons. The Bertz CT molecular complexity index is 1040. The Hall–Kier alpha value is -2.18. The molecule has 2 aliphatic heterocycles. The first-order valence-electron chi connectivity index (χ1n) is 12.1. The summed E-state index contributed by atoms with van der Waals surface area (Å²) < 4.78 is 0. The Kier molecular flexibility index (Phi) is 7.48. The molecule has 2 fully saturated rings. The number of likely N-dealkylation sites (tertiary alicyclic amines) is 1. The highest BCUT2D eigenvalue weighted by molar-refractivity contribution is 8.00. The molecule has 7 heteroatoms. The smallest absolute Gasteiger partial charge is 0.321 e. The topological polar surface area (TPSA) is 52.7 Å². The molecule has 1 N–H and O–H groups in total. The lowest BCUT2D eigenvalue weighted by atomic mass is 9.92. The summed E-state index contributed by atoms with van der Waals surface area (Å²) in [7, 11) is 0. The van der Waals surface area contributed by atoms with E-state index in [2.05, 4.69) is 51.2 Å². The number of amides is 3. The predicted octanol–water partition coefficient (Wildman–Crippen LogP) is 6.80. The van der Waals surface area contributed by atoms with Crippen LogP contribution in [0.5, 0.6) is 0 Å². The predicted molar refractivity (Wildman–Crippen MR) is 142 cm³/mol. The lowest BCUT2D eigenvalue weighted by Crippen LogP contribution is -2.54. The van der Waals surface area contributed by atoms with Gasteiger partial charge in [0.15, 0.2) is 0 Å². The van der Waals surface area contributed by atoms with E-state index in [1.165, 1.54) is 0 Å². The molecule has 2 aliphatic rings. The number of carbonyl (C=O) groups excluding carboxylic acids is 2. The monoisotopic (exact) mass is 499 g/mol. The number of thioether (sulfide) groups is 1. The number of rotatable bonds is 4. The van der Waals surface area contributed by atoms with Crippen molar-refractivity contribution < 1.29 is 9.59 Å². The van der Waals surface area contributed by atoms with Gasteiger partial charge in [0.25, 0.3) is 5.91 Å². The molecule has 0 aromatic heterocycles. The number of carbonyl (C=O) groups is 2. The van der Waals surface area contributed by atoms with Crippen LogP contribution in [0.15, 0.2) is 42.5 Å². The van der Waals surface area contributed by atoms with Crippen molar-refractivity contribution in [2.75, 3.05) is 30.7 Å². The van der Waals surface area contributed by atoms with Gasteiger partial charge in [-0.15, -0.1) is 11.8 Å². The molecule has 1 spiro atoms. The quantitative estimate of drug-likeness (QED) is 0.503. The third-order valence-corrected chi connectivity index (χ3v) is 8.85. The number of nitrogens with one attached hydrogen (secondary N) is 1. The fourth-order valence-corrected chi connectivity index (χ4v) is 6.70. The van der Waals surface area contributed by atoms with E-state index in [0.29, 0.717) is 42.1 Å². The number of benzene rings is 2. The second kappa shape index (κ2) is 10.2. The van der Waals surface area contributed by atoms with Crippen molar-refractivity contribution in [2.45, 2.75) is 57.2 Å². The SMILES string of the molecule is CC(C)c1cccc(C(C)C)c1NC(=O)N1CCC2(CC1)SCCN2C(=O)c1ccccc1Cl. The maximum atomic E-state index is 13.3. The Morgan fingerprint density at radius 3 is 2.15 bits per heavy atom. The van der Waals surface area contributed by atoms with Crippen LogP contribution in [0.1, 0.15) is 73.9 Å². The average Bonchev–Trinajstić information content (AvgIpc) is 3.22. The van der Waals surface area contributed by atoms with Gasteiger partial charge in [0.2, 0.25) is 0 Å². The fourth-order valence-electron chi connectivity index (χ4n) is 5.03. The molecule has 0 aliphatic carbocycles. The second-order valence-corrected chi connectivity index (χ2v) is 11.6. The first kappa shape index (κ1) is 24.9. The van der Waals surface area contributed by atoms with Crippen molar-refractivity contribution in [3.05, 3.63) is 64.2 Å². The van der Waals surface area contributed by atoms with Crippen LogP contribution in [0, 0.1) is 0 Å². The summed E-state index contributed by atoms with van der Waals surface area (Å²) in [6.07, 6.45) is 1.51. The third kappa shape index (κ3) is 4.80. The van der Waals surface area contributed by atoms with Gasteiger partial charge in [-0.3, -0.25) is 4.79 Å². The summed E-state index contributed by atoms with van der Waals surface area (Å²) in [4.78, 5) is 30.3. The lowest BCUT2D eigenvalue weighted by Gasteiger charge is -2.44. The van der Waals surface area contributed by atoms with Gasteiger partial charge in [0.05, 0.1) is 15.5 Å². The molecule has 0 saturated carbocycles. The zero-order valence-corrected chi connectivity index (χ0v) is 22.0. The van der Waals surface area contributed by atoms with Crippen LogP contribution in [0.2, 0.25) is 5.02 Å². The first-order valence-corrected chi connectivity index (χ1v) is 13.5. The number of urea groups is 1. The van der Waals surface area contributed by atoms with Gasteiger partial charge in [-0.25, -0.2) is 4.79 Å². The van der Waals surface area contributed by atoms with Gasteiger partial charge < -0.3 is 15.1 Å². The van der Waals surface area contributed by atoms with E-state index in [1.54, 1.807) is 12.1 Å². The zero-order chi connectivity index (χ0) is 24.5. The molecule has 2 saturated heterocycles. The van der Waals surface area contributed by atoms with Gasteiger partial charge in [0.1, 0.15) is 0 Å². The highest BCUT2D eigenvalue weighted by Gasteiger charge is 2.47. The van der Waals surface area contributed by atoms with Crippen LogP contribution in [0.3, 0.4) is 0 Å². The highest BCUT2D eigenvalue weighted by atomic mass is 35.5. The van der Waals surface area contributed by atoms with E-state index in [9.17, 15) is 9.59 Å². The van der Waals surface area contributed by atoms with Crippen molar-refractivity contribution in [3.8, 4) is 0 Å². The van der Waals surface area contributed by atoms with Crippen LogP contribution in [-0.4, -0.2) is 52.0 Å². The van der Waals surface area contributed by atoms with Crippen molar-refractivity contribution in [1.29, 1.82) is 0 Å². The molecule has 0 bridgehead atoms. The second-order valence-electron chi connectivity index (χ2n) is 9.77. The van der Waals surface area contributed by atoms with Crippen molar-refractivity contribution in [1.82, 2.24) is 9.80 Å². The summed E-state index contributed by atoms with van der Waals surface area (Å²) in [6.45, 7) is 10.6. The van der Waals surface area contributed by atoms with Crippen LogP contribution < -0.4 is 5.32 Å². The summed E-state index contributed by atoms with van der Waals surface area (Å²) in [6, 6.07) is 13.5. The van der Waals surface area contributed by atoms with E-state index in [0.717, 1.165) is 35.4 Å². The van der Waals surface area contributed by atoms with Gasteiger partial charge in [-0.1, -0.05) is 69.6 Å². The normalized spacial score (nSPS) is 17.6. The van der Waals surface area contributed by atoms with Gasteiger partial charge in [-0.2, -0.15) is 0 Å². The number of halogens is 1. The van der Waals surface area contributed by atoms with Crippen LogP contribution in [0.25, 0.3) is 0 Å². The van der Waals surface area contributed by atoms with E-state index in [4.69, 9.17) is 11.6 Å². The molecule has 4 rings (SSSR count). The van der Waals surface area contributed by atoms with E-state index >= 15 is 0 Å². The highest BCUT2D eigenvalue weighted by Crippen LogP contribution is 2.45. The minimum atomic E-state index is -0.272. The molecular formula is C27H34ClN3O2S. The Balaban J connectivity index is 1.47. The average molecular weight is 500 g/mol. The minimum absolute atomic E-state index is 0.0130. The van der Waals surface area contributed by atoms with Crippen molar-refractivity contribution >= 4 is 41.0 Å². The van der Waals surface area contributed by atoms with E-state index in [1.807, 2.05) is 33.7 Å². The maximum Gasteiger partial charge on any atom is 0.321 e. The Labute approximate surface area is 212 Å². The van der Waals surface area contributed by atoms with Crippen molar-refractivity contribution in [2.24, 2.45) is 0 Å².